The monoisotopic (exact) mass is 470 g/mol. The summed E-state index contributed by atoms with van der Waals surface area (Å²) >= 11 is 6.11. The van der Waals surface area contributed by atoms with E-state index in [2.05, 4.69) is 5.32 Å². The van der Waals surface area contributed by atoms with Crippen LogP contribution in [0.1, 0.15) is 0 Å². The zero-order valence-electron chi connectivity index (χ0n) is 15.5. The number of ether oxygens (including phenoxy) is 1. The Kier molecular flexibility index (Phi) is 6.45. The van der Waals surface area contributed by atoms with Gasteiger partial charge >= 0.3 is 6.18 Å². The van der Waals surface area contributed by atoms with Crippen LogP contribution >= 0.6 is 11.6 Å². The molecular weight excluding hydrogens is 453 g/mol. The highest BCUT2D eigenvalue weighted by Crippen LogP contribution is 2.36. The minimum absolute atomic E-state index is 0.0277. The molecule has 2 N–H and O–H groups in total. The van der Waals surface area contributed by atoms with Crippen molar-refractivity contribution in [1.29, 1.82) is 0 Å². The van der Waals surface area contributed by atoms with Gasteiger partial charge in [-0.05, 0) is 6.07 Å². The number of piperazine rings is 1. The number of sulfonamides is 1. The van der Waals surface area contributed by atoms with Crippen molar-refractivity contribution in [3.05, 3.63) is 17.2 Å². The number of benzene rings is 1. The Labute approximate surface area is 175 Å². The van der Waals surface area contributed by atoms with Gasteiger partial charge in [0, 0.05) is 32.2 Å². The first-order valence-electron chi connectivity index (χ1n) is 8.78. The van der Waals surface area contributed by atoms with Crippen LogP contribution in [0, 0.1) is 0 Å². The molecule has 0 bridgehead atoms. The molecule has 0 atom stereocenters. The fourth-order valence-electron chi connectivity index (χ4n) is 3.00. The normalized spacial score (nSPS) is 18.3. The van der Waals surface area contributed by atoms with E-state index in [0.29, 0.717) is 0 Å². The van der Waals surface area contributed by atoms with Crippen LogP contribution in [-0.4, -0.2) is 81.5 Å². The molecule has 14 heteroatoms. The van der Waals surface area contributed by atoms with E-state index < -0.39 is 28.7 Å². The van der Waals surface area contributed by atoms with Gasteiger partial charge in [0.2, 0.25) is 15.9 Å². The van der Waals surface area contributed by atoms with Gasteiger partial charge in [-0.2, -0.15) is 17.5 Å². The molecule has 1 fully saturated rings. The van der Waals surface area contributed by atoms with Crippen molar-refractivity contribution >= 4 is 39.1 Å². The molecule has 9 nitrogen and oxygen atoms in total. The summed E-state index contributed by atoms with van der Waals surface area (Å²) in [5, 5.41) is 4.22. The smallest absolute Gasteiger partial charge is 0.405 e. The maximum absolute atomic E-state index is 13.0. The molecule has 0 saturated carbocycles. The van der Waals surface area contributed by atoms with Crippen LogP contribution in [-0.2, 0) is 19.6 Å². The van der Waals surface area contributed by atoms with Gasteiger partial charge in [0.05, 0.1) is 17.3 Å². The average molecular weight is 471 g/mol. The number of rotatable bonds is 5. The summed E-state index contributed by atoms with van der Waals surface area (Å²) in [6.07, 6.45) is -4.50. The van der Waals surface area contributed by atoms with Crippen LogP contribution in [0.5, 0.6) is 5.75 Å². The van der Waals surface area contributed by atoms with Crippen LogP contribution in [0.15, 0.2) is 17.0 Å². The number of hydrogen-bond donors (Lipinski definition) is 2. The SMILES string of the molecule is O=C(CN1CCN(S(=O)(=O)c2cc3c(cc2Cl)NC(=O)CO3)CC1)NCC(F)(F)F. The molecule has 2 aliphatic heterocycles. The molecule has 0 radical (unpaired) electrons. The minimum Gasteiger partial charge on any atom is -0.482 e. The predicted molar refractivity (Wildman–Crippen MR) is 99.8 cm³/mol. The fourth-order valence-corrected chi connectivity index (χ4v) is 4.94. The van der Waals surface area contributed by atoms with Gasteiger partial charge in [0.25, 0.3) is 5.91 Å². The first-order chi connectivity index (χ1) is 14.0. The second kappa shape index (κ2) is 8.57. The van der Waals surface area contributed by atoms with Crippen LogP contribution in [0.2, 0.25) is 5.02 Å². The quantitative estimate of drug-likeness (QED) is 0.654. The van der Waals surface area contributed by atoms with E-state index in [4.69, 9.17) is 16.3 Å². The van der Waals surface area contributed by atoms with Crippen molar-refractivity contribution in [3.63, 3.8) is 0 Å². The fraction of sp³-hybridized carbons (Fsp3) is 0.500. The summed E-state index contributed by atoms with van der Waals surface area (Å²) in [6.45, 7) is -1.55. The summed E-state index contributed by atoms with van der Waals surface area (Å²) in [5.74, 6) is -0.998. The Morgan fingerprint density at radius 2 is 1.90 bits per heavy atom. The molecule has 2 amide bonds. The number of alkyl halides is 3. The zero-order valence-corrected chi connectivity index (χ0v) is 17.0. The van der Waals surface area contributed by atoms with Gasteiger partial charge in [-0.1, -0.05) is 11.6 Å². The summed E-state index contributed by atoms with van der Waals surface area (Å²) < 4.78 is 68.8. The maximum Gasteiger partial charge on any atom is 0.405 e. The highest BCUT2D eigenvalue weighted by atomic mass is 35.5. The summed E-state index contributed by atoms with van der Waals surface area (Å²) in [7, 11) is -3.99. The molecular formula is C16H18ClF3N4O5S. The van der Waals surface area contributed by atoms with Gasteiger partial charge < -0.3 is 15.4 Å². The molecule has 1 saturated heterocycles. The van der Waals surface area contributed by atoms with Crippen molar-refractivity contribution in [3.8, 4) is 5.75 Å². The summed E-state index contributed by atoms with van der Waals surface area (Å²) in [6, 6.07) is 2.53. The topological polar surface area (TPSA) is 108 Å². The van der Waals surface area contributed by atoms with Gasteiger partial charge in [0.1, 0.15) is 17.2 Å². The molecule has 166 valence electrons. The van der Waals surface area contributed by atoms with Gasteiger partial charge in [-0.25, -0.2) is 8.42 Å². The lowest BCUT2D eigenvalue weighted by Crippen LogP contribution is -2.51. The number of fused-ring (bicyclic) bond motifs is 1. The molecule has 0 spiro atoms. The zero-order chi connectivity index (χ0) is 22.1. The Hall–Kier alpha value is -2.09. The number of carbonyl (C=O) groups is 2. The summed E-state index contributed by atoms with van der Waals surface area (Å²) in [5.41, 5.74) is 0.268. The van der Waals surface area contributed by atoms with Crippen LogP contribution < -0.4 is 15.4 Å². The first-order valence-corrected chi connectivity index (χ1v) is 10.6. The molecule has 0 aromatic heterocycles. The minimum atomic E-state index is -4.50. The summed E-state index contributed by atoms with van der Waals surface area (Å²) in [4.78, 5) is 24.4. The molecule has 2 aliphatic rings. The number of halogens is 4. The van der Waals surface area contributed by atoms with Crippen molar-refractivity contribution in [2.24, 2.45) is 0 Å². The average Bonchev–Trinajstić information content (AvgIpc) is 2.65. The van der Waals surface area contributed by atoms with Crippen LogP contribution in [0.3, 0.4) is 0 Å². The first kappa shape index (κ1) is 22.6. The van der Waals surface area contributed by atoms with E-state index in [1.807, 2.05) is 0 Å². The van der Waals surface area contributed by atoms with Crippen molar-refractivity contribution in [2.45, 2.75) is 11.1 Å². The molecule has 0 unspecified atom stereocenters. The Morgan fingerprint density at radius 1 is 1.23 bits per heavy atom. The van der Waals surface area contributed by atoms with E-state index in [1.54, 1.807) is 10.2 Å². The molecule has 1 aromatic rings. The number of anilines is 1. The van der Waals surface area contributed by atoms with Crippen LogP contribution in [0.4, 0.5) is 18.9 Å². The highest BCUT2D eigenvalue weighted by molar-refractivity contribution is 7.89. The van der Waals surface area contributed by atoms with E-state index >= 15 is 0 Å². The van der Waals surface area contributed by atoms with E-state index in [-0.39, 0.29) is 66.6 Å². The lowest BCUT2D eigenvalue weighted by Gasteiger charge is -2.33. The van der Waals surface area contributed by atoms with Gasteiger partial charge in [0.15, 0.2) is 6.61 Å². The highest BCUT2D eigenvalue weighted by Gasteiger charge is 2.33. The van der Waals surface area contributed by atoms with Crippen molar-refractivity contribution in [2.75, 3.05) is 51.2 Å². The van der Waals surface area contributed by atoms with E-state index in [0.717, 1.165) is 0 Å². The molecule has 2 heterocycles. The second-order valence-electron chi connectivity index (χ2n) is 6.69. The molecule has 3 rings (SSSR count). The van der Waals surface area contributed by atoms with E-state index in [9.17, 15) is 31.2 Å². The van der Waals surface area contributed by atoms with Crippen molar-refractivity contribution < 1.29 is 35.9 Å². The Balaban J connectivity index is 1.63. The number of hydrogen-bond acceptors (Lipinski definition) is 6. The third-order valence-electron chi connectivity index (χ3n) is 4.47. The number of amides is 2. The molecule has 1 aromatic carbocycles. The number of carbonyl (C=O) groups excluding carboxylic acids is 2. The predicted octanol–water partition coefficient (Wildman–Crippen LogP) is 0.656. The van der Waals surface area contributed by atoms with Crippen molar-refractivity contribution in [1.82, 2.24) is 14.5 Å². The standard InChI is InChI=1S/C16H18ClF3N4O5S/c17-10-5-11-12(29-8-15(26)22-11)6-13(10)30(27,28)24-3-1-23(2-4-24)7-14(25)21-9-16(18,19)20/h5-6H,1-4,7-9H2,(H,21,25)(H,22,26). The largest absolute Gasteiger partial charge is 0.482 e. The third kappa shape index (κ3) is 5.33. The van der Waals surface area contributed by atoms with Gasteiger partial charge in [-0.15, -0.1) is 0 Å². The maximum atomic E-state index is 13.0. The lowest BCUT2D eigenvalue weighted by atomic mass is 10.2. The molecule has 30 heavy (non-hydrogen) atoms. The molecule has 0 aliphatic carbocycles. The third-order valence-corrected chi connectivity index (χ3v) is 6.83. The Bertz CT molecular complexity index is 949. The van der Waals surface area contributed by atoms with E-state index in [1.165, 1.54) is 16.4 Å². The Morgan fingerprint density at radius 3 is 2.53 bits per heavy atom. The second-order valence-corrected chi connectivity index (χ2v) is 9.00. The van der Waals surface area contributed by atoms with Crippen LogP contribution in [0.25, 0.3) is 0 Å². The van der Waals surface area contributed by atoms with Gasteiger partial charge in [-0.3, -0.25) is 14.5 Å². The lowest BCUT2D eigenvalue weighted by molar-refractivity contribution is -0.139. The number of nitrogens with zero attached hydrogens (tertiary/aromatic N) is 2. The number of nitrogens with one attached hydrogen (secondary N) is 2.